The summed E-state index contributed by atoms with van der Waals surface area (Å²) in [5.74, 6) is -0.594. The van der Waals surface area contributed by atoms with Crippen molar-refractivity contribution in [1.29, 1.82) is 0 Å². The Morgan fingerprint density at radius 2 is 2.05 bits per heavy atom. The molecule has 5 nitrogen and oxygen atoms in total. The number of benzene rings is 1. The van der Waals surface area contributed by atoms with Gasteiger partial charge in [-0.05, 0) is 24.9 Å². The number of esters is 2. The molecule has 108 valence electrons. The maximum atomic E-state index is 12.1. The number of methoxy groups -OCH3 is 1. The van der Waals surface area contributed by atoms with Crippen molar-refractivity contribution in [3.63, 3.8) is 0 Å². The summed E-state index contributed by atoms with van der Waals surface area (Å²) in [6.45, 7) is 1.13. The number of hydrogen-bond acceptors (Lipinski definition) is 5. The molecule has 0 bridgehead atoms. The molecule has 20 heavy (non-hydrogen) atoms. The van der Waals surface area contributed by atoms with Crippen molar-refractivity contribution >= 4 is 11.9 Å². The van der Waals surface area contributed by atoms with Gasteiger partial charge < -0.3 is 9.47 Å². The first-order valence-electron chi connectivity index (χ1n) is 6.72. The zero-order chi connectivity index (χ0) is 14.4. The van der Waals surface area contributed by atoms with Crippen LogP contribution in [-0.4, -0.2) is 43.1 Å². The SMILES string of the molecule is COC(=O)CN1CCC[C@H]1C(=O)OCc1ccccc1. The van der Waals surface area contributed by atoms with Crippen LogP contribution in [0.15, 0.2) is 30.3 Å². The highest BCUT2D eigenvalue weighted by molar-refractivity contribution is 5.78. The number of nitrogens with zero attached hydrogens (tertiary/aromatic N) is 1. The van der Waals surface area contributed by atoms with Crippen LogP contribution in [0.4, 0.5) is 0 Å². The van der Waals surface area contributed by atoms with Crippen LogP contribution >= 0.6 is 0 Å². The van der Waals surface area contributed by atoms with Gasteiger partial charge in [0.25, 0.3) is 0 Å². The van der Waals surface area contributed by atoms with Crippen LogP contribution in [0.2, 0.25) is 0 Å². The molecule has 0 radical (unpaired) electrons. The van der Waals surface area contributed by atoms with Gasteiger partial charge in [-0.25, -0.2) is 0 Å². The molecule has 1 atom stereocenters. The van der Waals surface area contributed by atoms with Crippen LogP contribution in [-0.2, 0) is 25.7 Å². The molecule has 1 aliphatic rings. The van der Waals surface area contributed by atoms with E-state index in [1.807, 2.05) is 35.2 Å². The Morgan fingerprint density at radius 1 is 1.30 bits per heavy atom. The van der Waals surface area contributed by atoms with E-state index in [-0.39, 0.29) is 31.1 Å². The second-order valence-corrected chi connectivity index (χ2v) is 4.80. The van der Waals surface area contributed by atoms with Crippen LogP contribution in [0.3, 0.4) is 0 Å². The van der Waals surface area contributed by atoms with Gasteiger partial charge in [-0.3, -0.25) is 14.5 Å². The third-order valence-corrected chi connectivity index (χ3v) is 3.42. The molecule has 5 heteroatoms. The van der Waals surface area contributed by atoms with E-state index in [0.29, 0.717) is 0 Å². The average molecular weight is 277 g/mol. The Morgan fingerprint density at radius 3 is 2.75 bits per heavy atom. The summed E-state index contributed by atoms with van der Waals surface area (Å²) in [6.07, 6.45) is 1.62. The molecule has 0 saturated carbocycles. The molecule has 1 heterocycles. The van der Waals surface area contributed by atoms with Gasteiger partial charge in [0, 0.05) is 0 Å². The van der Waals surface area contributed by atoms with E-state index in [0.717, 1.165) is 24.9 Å². The molecular formula is C15H19NO4. The zero-order valence-corrected chi connectivity index (χ0v) is 11.6. The van der Waals surface area contributed by atoms with Gasteiger partial charge in [-0.15, -0.1) is 0 Å². The monoisotopic (exact) mass is 277 g/mol. The molecule has 1 saturated heterocycles. The molecular weight excluding hydrogens is 258 g/mol. The van der Waals surface area contributed by atoms with Crippen LogP contribution in [0.1, 0.15) is 18.4 Å². The number of carbonyl (C=O) groups excluding carboxylic acids is 2. The quantitative estimate of drug-likeness (QED) is 0.761. The predicted molar refractivity (Wildman–Crippen MR) is 72.8 cm³/mol. The highest BCUT2D eigenvalue weighted by atomic mass is 16.5. The van der Waals surface area contributed by atoms with Crippen molar-refractivity contribution in [2.75, 3.05) is 20.2 Å². The standard InChI is InChI=1S/C15H19NO4/c1-19-14(17)10-16-9-5-8-13(16)15(18)20-11-12-6-3-2-4-7-12/h2-4,6-7,13H,5,8-11H2,1H3/t13-/m0/s1. The highest BCUT2D eigenvalue weighted by Crippen LogP contribution is 2.18. The Hall–Kier alpha value is -1.88. The number of rotatable bonds is 5. The molecule has 1 fully saturated rings. The first kappa shape index (κ1) is 14.5. The summed E-state index contributed by atoms with van der Waals surface area (Å²) >= 11 is 0. The van der Waals surface area contributed by atoms with Gasteiger partial charge in [-0.1, -0.05) is 30.3 Å². The second-order valence-electron chi connectivity index (χ2n) is 4.80. The van der Waals surface area contributed by atoms with Gasteiger partial charge in [0.05, 0.1) is 13.7 Å². The van der Waals surface area contributed by atoms with Crippen molar-refractivity contribution in [1.82, 2.24) is 4.90 Å². The van der Waals surface area contributed by atoms with Crippen molar-refractivity contribution in [3.05, 3.63) is 35.9 Å². The van der Waals surface area contributed by atoms with Crippen LogP contribution < -0.4 is 0 Å². The molecule has 2 rings (SSSR count). The van der Waals surface area contributed by atoms with E-state index in [4.69, 9.17) is 4.74 Å². The van der Waals surface area contributed by atoms with Gasteiger partial charge in [-0.2, -0.15) is 0 Å². The number of hydrogen-bond donors (Lipinski definition) is 0. The number of carbonyl (C=O) groups is 2. The maximum absolute atomic E-state index is 12.1. The Kier molecular flexibility index (Phi) is 5.12. The molecule has 0 aliphatic carbocycles. The van der Waals surface area contributed by atoms with Crippen molar-refractivity contribution in [2.45, 2.75) is 25.5 Å². The van der Waals surface area contributed by atoms with Gasteiger partial charge >= 0.3 is 11.9 Å². The average Bonchev–Trinajstić information content (AvgIpc) is 2.94. The molecule has 0 unspecified atom stereocenters. The second kappa shape index (κ2) is 7.05. The molecule has 0 N–H and O–H groups in total. The highest BCUT2D eigenvalue weighted by Gasteiger charge is 2.33. The first-order chi connectivity index (χ1) is 9.70. The number of ether oxygens (including phenoxy) is 2. The van der Waals surface area contributed by atoms with Crippen LogP contribution in [0.5, 0.6) is 0 Å². The van der Waals surface area contributed by atoms with E-state index >= 15 is 0 Å². The van der Waals surface area contributed by atoms with Crippen molar-refractivity contribution in [3.8, 4) is 0 Å². The maximum Gasteiger partial charge on any atom is 0.323 e. The largest absolute Gasteiger partial charge is 0.468 e. The zero-order valence-electron chi connectivity index (χ0n) is 11.6. The fourth-order valence-corrected chi connectivity index (χ4v) is 2.34. The number of likely N-dealkylation sites (tertiary alicyclic amines) is 1. The predicted octanol–water partition coefficient (Wildman–Crippen LogP) is 1.37. The third kappa shape index (κ3) is 3.81. The minimum absolute atomic E-state index is 0.140. The molecule has 1 aromatic rings. The fourth-order valence-electron chi connectivity index (χ4n) is 2.34. The molecule has 0 amide bonds. The molecule has 0 spiro atoms. The normalized spacial score (nSPS) is 18.8. The minimum Gasteiger partial charge on any atom is -0.468 e. The lowest BCUT2D eigenvalue weighted by Crippen LogP contribution is -2.40. The van der Waals surface area contributed by atoms with Gasteiger partial charge in [0.1, 0.15) is 12.6 Å². The molecule has 0 aromatic heterocycles. The summed E-state index contributed by atoms with van der Waals surface area (Å²) in [7, 11) is 1.35. The lowest BCUT2D eigenvalue weighted by molar-refractivity contribution is -0.152. The summed E-state index contributed by atoms with van der Waals surface area (Å²) in [5.41, 5.74) is 0.957. The Labute approximate surface area is 118 Å². The third-order valence-electron chi connectivity index (χ3n) is 3.42. The lowest BCUT2D eigenvalue weighted by atomic mass is 10.2. The van der Waals surface area contributed by atoms with E-state index < -0.39 is 0 Å². The summed E-state index contributed by atoms with van der Waals surface area (Å²) in [4.78, 5) is 25.2. The minimum atomic E-state index is -0.335. The Balaban J connectivity index is 1.86. The topological polar surface area (TPSA) is 55.8 Å². The van der Waals surface area contributed by atoms with Crippen molar-refractivity contribution in [2.24, 2.45) is 0 Å². The van der Waals surface area contributed by atoms with Crippen LogP contribution in [0.25, 0.3) is 0 Å². The van der Waals surface area contributed by atoms with Crippen molar-refractivity contribution < 1.29 is 19.1 Å². The molecule has 1 aliphatic heterocycles. The van der Waals surface area contributed by atoms with Crippen LogP contribution in [0, 0.1) is 0 Å². The van der Waals surface area contributed by atoms with E-state index in [9.17, 15) is 9.59 Å². The summed E-state index contributed by atoms with van der Waals surface area (Å²) in [5, 5.41) is 0. The van der Waals surface area contributed by atoms with Gasteiger partial charge in [0.15, 0.2) is 0 Å². The first-order valence-corrected chi connectivity index (χ1v) is 6.72. The summed E-state index contributed by atoms with van der Waals surface area (Å²) < 4.78 is 9.96. The molecule has 1 aromatic carbocycles. The fraction of sp³-hybridized carbons (Fsp3) is 0.467. The van der Waals surface area contributed by atoms with E-state index in [2.05, 4.69) is 4.74 Å². The van der Waals surface area contributed by atoms with E-state index in [1.165, 1.54) is 7.11 Å². The smallest absolute Gasteiger partial charge is 0.323 e. The van der Waals surface area contributed by atoms with Gasteiger partial charge in [0.2, 0.25) is 0 Å². The summed E-state index contributed by atoms with van der Waals surface area (Å²) in [6, 6.07) is 9.21. The van der Waals surface area contributed by atoms with E-state index in [1.54, 1.807) is 0 Å². The Bertz CT molecular complexity index is 460. The lowest BCUT2D eigenvalue weighted by Gasteiger charge is -2.21.